The van der Waals surface area contributed by atoms with Gasteiger partial charge in [0.25, 0.3) is 5.56 Å². The van der Waals surface area contributed by atoms with Gasteiger partial charge in [-0.05, 0) is 56.2 Å². The summed E-state index contributed by atoms with van der Waals surface area (Å²) in [5, 5.41) is 16.2. The average Bonchev–Trinajstić information content (AvgIpc) is 2.73. The Morgan fingerprint density at radius 2 is 1.85 bits per heavy atom. The maximum absolute atomic E-state index is 12.3. The van der Waals surface area contributed by atoms with Crippen molar-refractivity contribution in [2.75, 3.05) is 0 Å². The van der Waals surface area contributed by atoms with Crippen LogP contribution in [0.1, 0.15) is 42.3 Å². The number of carboxylic acids is 1. The number of hydrogen-bond acceptors (Lipinski definition) is 6. The monoisotopic (exact) mass is 444 g/mol. The molecular formula is C23H25LiN4O5. The van der Waals surface area contributed by atoms with Crippen LogP contribution in [-0.2, 0) is 17.8 Å². The number of alkyl carbamates (subject to hydrolysis) is 1. The van der Waals surface area contributed by atoms with Crippen molar-refractivity contribution in [2.45, 2.75) is 39.5 Å². The van der Waals surface area contributed by atoms with Gasteiger partial charge in [-0.25, -0.2) is 14.3 Å². The molecule has 10 heteroatoms. The number of aromatic nitrogens is 3. The van der Waals surface area contributed by atoms with Crippen molar-refractivity contribution in [3.8, 4) is 11.3 Å². The van der Waals surface area contributed by atoms with Crippen molar-refractivity contribution in [3.63, 3.8) is 0 Å². The zero-order valence-corrected chi connectivity index (χ0v) is 18.0. The molecule has 1 amide bonds. The number of carbonyl (C=O) groups is 2. The van der Waals surface area contributed by atoms with Crippen molar-refractivity contribution < 1.29 is 19.4 Å². The molecule has 3 aromatic rings. The van der Waals surface area contributed by atoms with Gasteiger partial charge in [0, 0.05) is 30.6 Å². The third-order valence-electron chi connectivity index (χ3n) is 4.30. The summed E-state index contributed by atoms with van der Waals surface area (Å²) < 4.78 is 6.49. The van der Waals surface area contributed by atoms with Crippen molar-refractivity contribution in [3.05, 3.63) is 81.9 Å². The van der Waals surface area contributed by atoms with E-state index in [4.69, 9.17) is 9.84 Å². The van der Waals surface area contributed by atoms with Gasteiger partial charge in [0.05, 0.1) is 17.8 Å². The summed E-state index contributed by atoms with van der Waals surface area (Å²) in [6.07, 6.45) is 2.70. The maximum atomic E-state index is 12.3. The molecule has 1 aromatic carbocycles. The van der Waals surface area contributed by atoms with Gasteiger partial charge in [-0.3, -0.25) is 9.78 Å². The fourth-order valence-corrected chi connectivity index (χ4v) is 2.90. The van der Waals surface area contributed by atoms with Gasteiger partial charge < -0.3 is 15.2 Å². The Labute approximate surface area is 203 Å². The van der Waals surface area contributed by atoms with E-state index < -0.39 is 17.7 Å². The van der Waals surface area contributed by atoms with E-state index in [1.165, 1.54) is 22.9 Å². The van der Waals surface area contributed by atoms with E-state index in [1.54, 1.807) is 51.4 Å². The normalized spacial score (nSPS) is 10.8. The van der Waals surface area contributed by atoms with Crippen LogP contribution in [0.5, 0.6) is 0 Å². The zero-order valence-electron chi connectivity index (χ0n) is 18.0. The molecular weight excluding hydrogens is 419 g/mol. The Morgan fingerprint density at radius 1 is 1.09 bits per heavy atom. The van der Waals surface area contributed by atoms with Crippen LogP contribution in [0.2, 0.25) is 0 Å². The van der Waals surface area contributed by atoms with Crippen LogP contribution in [0.4, 0.5) is 4.79 Å². The first-order valence-electron chi connectivity index (χ1n) is 9.92. The van der Waals surface area contributed by atoms with Gasteiger partial charge in [-0.15, -0.1) is 0 Å². The molecule has 0 aliphatic carbocycles. The van der Waals surface area contributed by atoms with Crippen LogP contribution in [-0.4, -0.2) is 56.4 Å². The average molecular weight is 444 g/mol. The molecule has 3 rings (SSSR count). The summed E-state index contributed by atoms with van der Waals surface area (Å²) in [6, 6.07) is 11.2. The van der Waals surface area contributed by atoms with Gasteiger partial charge in [-0.2, -0.15) is 5.10 Å². The molecule has 0 aliphatic rings. The van der Waals surface area contributed by atoms with Crippen molar-refractivity contribution in [1.82, 2.24) is 20.1 Å². The Bertz CT molecular complexity index is 1200. The Balaban J connectivity index is 0.00000385. The molecule has 0 atom stereocenters. The number of rotatable bonds is 6. The molecule has 168 valence electrons. The first kappa shape index (κ1) is 25.8. The summed E-state index contributed by atoms with van der Waals surface area (Å²) in [4.78, 5) is 39.5. The van der Waals surface area contributed by atoms with Gasteiger partial charge >= 0.3 is 30.9 Å². The van der Waals surface area contributed by atoms with Gasteiger partial charge in [-0.1, -0.05) is 12.1 Å². The van der Waals surface area contributed by atoms with Crippen molar-refractivity contribution in [2.24, 2.45) is 0 Å². The number of amides is 1. The summed E-state index contributed by atoms with van der Waals surface area (Å²) in [6.45, 7) is 5.70. The topological polar surface area (TPSA) is 123 Å². The van der Waals surface area contributed by atoms with Crippen LogP contribution >= 0.6 is 0 Å². The van der Waals surface area contributed by atoms with E-state index in [0.717, 1.165) is 5.56 Å². The molecule has 0 saturated heterocycles. The summed E-state index contributed by atoms with van der Waals surface area (Å²) in [5.41, 5.74) is 1.80. The van der Waals surface area contributed by atoms with E-state index in [0.29, 0.717) is 16.8 Å². The van der Waals surface area contributed by atoms with E-state index in [-0.39, 0.29) is 43.1 Å². The van der Waals surface area contributed by atoms with Crippen LogP contribution in [0, 0.1) is 0 Å². The molecule has 0 aliphatic heterocycles. The fraction of sp³-hybridized carbons (Fsp3) is 0.261. The molecule has 0 saturated carbocycles. The number of benzene rings is 1. The Morgan fingerprint density at radius 3 is 2.55 bits per heavy atom. The summed E-state index contributed by atoms with van der Waals surface area (Å²) in [5.74, 6) is -1.04. The van der Waals surface area contributed by atoms with E-state index in [1.807, 2.05) is 6.07 Å². The number of carbonyl (C=O) groups excluding carboxylic acids is 1. The molecule has 0 unspecified atom stereocenters. The molecule has 0 radical (unpaired) electrons. The standard InChI is InChI=1S/C23H24N4O5.Li.H/c1-23(2,3)32-22(31)25-12-16-10-18(13-24-11-16)19-7-8-20(28)27(26-19)14-15-5-4-6-17(9-15)21(29)30;;/h4-11,13H,12,14H2,1-3H3,(H,25,31)(H,29,30);;. The second kappa shape index (κ2) is 10.9. The van der Waals surface area contributed by atoms with E-state index in [9.17, 15) is 14.4 Å². The zero-order chi connectivity index (χ0) is 23.3. The van der Waals surface area contributed by atoms with Crippen LogP contribution < -0.4 is 10.9 Å². The minimum atomic E-state index is -1.04. The van der Waals surface area contributed by atoms with Crippen LogP contribution in [0.25, 0.3) is 11.3 Å². The van der Waals surface area contributed by atoms with Gasteiger partial charge in [0.2, 0.25) is 0 Å². The predicted molar refractivity (Wildman–Crippen MR) is 124 cm³/mol. The van der Waals surface area contributed by atoms with E-state index in [2.05, 4.69) is 15.4 Å². The summed E-state index contributed by atoms with van der Waals surface area (Å²) in [7, 11) is 0. The second-order valence-corrected chi connectivity index (χ2v) is 8.16. The number of pyridine rings is 1. The number of carboxylic acid groups (broad SMARTS) is 1. The number of nitrogens with one attached hydrogen (secondary N) is 1. The molecule has 0 fully saturated rings. The van der Waals surface area contributed by atoms with Crippen molar-refractivity contribution >= 4 is 30.9 Å². The molecule has 9 nitrogen and oxygen atoms in total. The quantitative estimate of drug-likeness (QED) is 0.560. The van der Waals surface area contributed by atoms with Crippen LogP contribution in [0.3, 0.4) is 0 Å². The molecule has 33 heavy (non-hydrogen) atoms. The number of aromatic carboxylic acids is 1. The van der Waals surface area contributed by atoms with E-state index >= 15 is 0 Å². The number of nitrogens with zero attached hydrogens (tertiary/aromatic N) is 3. The molecule has 2 heterocycles. The van der Waals surface area contributed by atoms with Gasteiger partial charge in [0.15, 0.2) is 0 Å². The molecule has 2 aromatic heterocycles. The summed E-state index contributed by atoms with van der Waals surface area (Å²) >= 11 is 0. The second-order valence-electron chi connectivity index (χ2n) is 8.16. The molecule has 0 bridgehead atoms. The Kier molecular flexibility index (Phi) is 8.57. The van der Waals surface area contributed by atoms with Gasteiger partial charge in [0.1, 0.15) is 5.60 Å². The first-order valence-corrected chi connectivity index (χ1v) is 9.92. The Hall–Kier alpha value is -3.41. The minimum absolute atomic E-state index is 0. The van der Waals surface area contributed by atoms with Crippen molar-refractivity contribution in [1.29, 1.82) is 0 Å². The number of hydrogen-bond donors (Lipinski definition) is 2. The first-order chi connectivity index (χ1) is 15.1. The molecule has 2 N–H and O–H groups in total. The third-order valence-corrected chi connectivity index (χ3v) is 4.30. The third kappa shape index (κ3) is 7.59. The SMILES string of the molecule is CC(C)(C)OC(=O)NCc1cncc(-c2ccc(=O)n(Cc3cccc(C(=O)O)c3)n2)c1.[LiH]. The number of ether oxygens (including phenoxy) is 1. The predicted octanol–water partition coefficient (Wildman–Crippen LogP) is 2.43. The molecule has 0 spiro atoms. The fourth-order valence-electron chi connectivity index (χ4n) is 2.90. The van der Waals surface area contributed by atoms with Crippen LogP contribution in [0.15, 0.2) is 59.7 Å².